The van der Waals surface area contributed by atoms with E-state index in [0.29, 0.717) is 12.8 Å². The first-order valence-corrected chi connectivity index (χ1v) is 4.72. The molecule has 5 heteroatoms. The van der Waals surface area contributed by atoms with Crippen LogP contribution in [-0.4, -0.2) is 22.3 Å². The molecule has 2 unspecified atom stereocenters. The molecule has 0 amide bonds. The van der Waals surface area contributed by atoms with Crippen LogP contribution in [0, 0.1) is 10.1 Å². The molecule has 1 rings (SSSR count). The van der Waals surface area contributed by atoms with Gasteiger partial charge in [0.05, 0.1) is 0 Å². The first-order valence-electron chi connectivity index (χ1n) is 4.72. The number of aliphatic hydroxyl groups is 1. The molecule has 5 nitrogen and oxygen atoms in total. The molecule has 0 aliphatic rings. The monoisotopic (exact) mass is 210 g/mol. The Balaban J connectivity index is 2.41. The SMILES string of the molecule is NC(C(O)CCc1ccccc1)[N+](=O)[O-]. The van der Waals surface area contributed by atoms with Gasteiger partial charge in [0.15, 0.2) is 0 Å². The fourth-order valence-electron chi connectivity index (χ4n) is 1.27. The predicted octanol–water partition coefficient (Wildman–Crippen LogP) is 0.542. The lowest BCUT2D eigenvalue weighted by atomic mass is 10.1. The van der Waals surface area contributed by atoms with Gasteiger partial charge in [-0.3, -0.25) is 15.8 Å². The molecule has 15 heavy (non-hydrogen) atoms. The highest BCUT2D eigenvalue weighted by molar-refractivity contribution is 5.14. The third-order valence-electron chi connectivity index (χ3n) is 2.21. The number of benzene rings is 1. The van der Waals surface area contributed by atoms with Crippen molar-refractivity contribution in [2.45, 2.75) is 25.1 Å². The van der Waals surface area contributed by atoms with Crippen molar-refractivity contribution in [2.24, 2.45) is 5.73 Å². The standard InChI is InChI=1S/C10H14N2O3/c11-10(12(14)15)9(13)7-6-8-4-2-1-3-5-8/h1-5,9-10,13H,6-7,11H2. The van der Waals surface area contributed by atoms with E-state index in [2.05, 4.69) is 0 Å². The van der Waals surface area contributed by atoms with Gasteiger partial charge in [0.2, 0.25) is 0 Å². The minimum Gasteiger partial charge on any atom is -0.384 e. The largest absolute Gasteiger partial charge is 0.384 e. The van der Waals surface area contributed by atoms with Gasteiger partial charge < -0.3 is 5.11 Å². The van der Waals surface area contributed by atoms with Crippen LogP contribution in [0.3, 0.4) is 0 Å². The van der Waals surface area contributed by atoms with E-state index in [-0.39, 0.29) is 0 Å². The van der Waals surface area contributed by atoms with Crippen LogP contribution in [0.15, 0.2) is 30.3 Å². The van der Waals surface area contributed by atoms with Crippen LogP contribution in [0.5, 0.6) is 0 Å². The molecule has 0 fully saturated rings. The van der Waals surface area contributed by atoms with Crippen LogP contribution in [0.2, 0.25) is 0 Å². The van der Waals surface area contributed by atoms with Crippen molar-refractivity contribution in [3.05, 3.63) is 46.0 Å². The summed E-state index contributed by atoms with van der Waals surface area (Å²) in [5, 5.41) is 19.7. The summed E-state index contributed by atoms with van der Waals surface area (Å²) in [5.41, 5.74) is 6.21. The number of aryl methyl sites for hydroxylation is 1. The normalized spacial score (nSPS) is 14.5. The Morgan fingerprint density at radius 2 is 2.00 bits per heavy atom. The zero-order valence-corrected chi connectivity index (χ0v) is 8.24. The van der Waals surface area contributed by atoms with Gasteiger partial charge in [-0.1, -0.05) is 30.3 Å². The van der Waals surface area contributed by atoms with E-state index in [0.717, 1.165) is 5.56 Å². The van der Waals surface area contributed by atoms with E-state index in [4.69, 9.17) is 5.73 Å². The summed E-state index contributed by atoms with van der Waals surface area (Å²) in [7, 11) is 0. The molecular formula is C10H14N2O3. The fraction of sp³-hybridized carbons (Fsp3) is 0.400. The van der Waals surface area contributed by atoms with Crippen LogP contribution in [0.25, 0.3) is 0 Å². The molecule has 2 atom stereocenters. The van der Waals surface area contributed by atoms with Crippen molar-refractivity contribution >= 4 is 0 Å². The van der Waals surface area contributed by atoms with Crippen molar-refractivity contribution in [3.8, 4) is 0 Å². The second-order valence-corrected chi connectivity index (χ2v) is 3.37. The number of rotatable bonds is 5. The maximum absolute atomic E-state index is 10.3. The van der Waals surface area contributed by atoms with Crippen molar-refractivity contribution < 1.29 is 10.0 Å². The van der Waals surface area contributed by atoms with Crippen molar-refractivity contribution in [2.75, 3.05) is 0 Å². The van der Waals surface area contributed by atoms with Gasteiger partial charge in [-0.15, -0.1) is 0 Å². The maximum Gasteiger partial charge on any atom is 0.289 e. The van der Waals surface area contributed by atoms with Crippen molar-refractivity contribution in [1.29, 1.82) is 0 Å². The molecule has 0 aliphatic carbocycles. The first-order chi connectivity index (χ1) is 7.11. The summed E-state index contributed by atoms with van der Waals surface area (Å²) in [5.74, 6) is 0. The zero-order chi connectivity index (χ0) is 11.3. The van der Waals surface area contributed by atoms with E-state index in [1.807, 2.05) is 30.3 Å². The molecule has 0 aromatic heterocycles. The molecule has 3 N–H and O–H groups in total. The van der Waals surface area contributed by atoms with Crippen molar-refractivity contribution in [1.82, 2.24) is 0 Å². The molecule has 0 saturated heterocycles. The van der Waals surface area contributed by atoms with Gasteiger partial charge >= 0.3 is 0 Å². The first kappa shape index (κ1) is 11.6. The Hall–Kier alpha value is -1.46. The number of nitrogens with two attached hydrogens (primary N) is 1. The average Bonchev–Trinajstić information content (AvgIpc) is 2.26. The van der Waals surface area contributed by atoms with Gasteiger partial charge in [-0.25, -0.2) is 0 Å². The van der Waals surface area contributed by atoms with Crippen LogP contribution in [-0.2, 0) is 6.42 Å². The molecule has 0 radical (unpaired) electrons. The number of aliphatic hydroxyl groups excluding tert-OH is 1. The summed E-state index contributed by atoms with van der Waals surface area (Å²) in [4.78, 5) is 9.60. The van der Waals surface area contributed by atoms with Gasteiger partial charge in [0, 0.05) is 4.92 Å². The van der Waals surface area contributed by atoms with Crippen LogP contribution in [0.1, 0.15) is 12.0 Å². The summed E-state index contributed by atoms with van der Waals surface area (Å²) in [6.07, 6.45) is -1.61. The van der Waals surface area contributed by atoms with Gasteiger partial charge in [0.25, 0.3) is 6.17 Å². The van der Waals surface area contributed by atoms with Crippen LogP contribution < -0.4 is 5.73 Å². The fourth-order valence-corrected chi connectivity index (χ4v) is 1.27. The molecule has 0 bridgehead atoms. The third-order valence-corrected chi connectivity index (χ3v) is 2.21. The lowest BCUT2D eigenvalue weighted by molar-refractivity contribution is -0.533. The maximum atomic E-state index is 10.3. The lowest BCUT2D eigenvalue weighted by Crippen LogP contribution is -2.41. The number of nitro groups is 1. The van der Waals surface area contributed by atoms with E-state index < -0.39 is 17.2 Å². The van der Waals surface area contributed by atoms with Crippen molar-refractivity contribution in [3.63, 3.8) is 0 Å². The highest BCUT2D eigenvalue weighted by Gasteiger charge is 2.24. The smallest absolute Gasteiger partial charge is 0.289 e. The molecule has 0 aliphatic heterocycles. The number of hydrogen-bond donors (Lipinski definition) is 2. The summed E-state index contributed by atoms with van der Waals surface area (Å²) >= 11 is 0. The quantitative estimate of drug-likeness (QED) is 0.421. The number of nitrogens with zero attached hydrogens (tertiary/aromatic N) is 1. The third kappa shape index (κ3) is 3.65. The summed E-state index contributed by atoms with van der Waals surface area (Å²) in [6, 6.07) is 9.47. The molecule has 82 valence electrons. The molecule has 0 spiro atoms. The molecular weight excluding hydrogens is 196 g/mol. The van der Waals surface area contributed by atoms with E-state index >= 15 is 0 Å². The Morgan fingerprint density at radius 3 is 2.53 bits per heavy atom. The molecule has 1 aromatic rings. The zero-order valence-electron chi connectivity index (χ0n) is 8.24. The Labute approximate surface area is 87.7 Å². The minimum atomic E-state index is -1.39. The van der Waals surface area contributed by atoms with Gasteiger partial charge in [-0.2, -0.15) is 0 Å². The molecule has 0 saturated carbocycles. The summed E-state index contributed by atoms with van der Waals surface area (Å²) < 4.78 is 0. The highest BCUT2D eigenvalue weighted by Crippen LogP contribution is 2.06. The second kappa shape index (κ2) is 5.43. The topological polar surface area (TPSA) is 89.4 Å². The van der Waals surface area contributed by atoms with Crippen LogP contribution in [0.4, 0.5) is 0 Å². The highest BCUT2D eigenvalue weighted by atomic mass is 16.6. The number of hydrogen-bond acceptors (Lipinski definition) is 4. The Morgan fingerprint density at radius 1 is 1.40 bits per heavy atom. The Kier molecular flexibility index (Phi) is 4.20. The van der Waals surface area contributed by atoms with Gasteiger partial charge in [-0.05, 0) is 18.4 Å². The van der Waals surface area contributed by atoms with E-state index in [1.54, 1.807) is 0 Å². The predicted molar refractivity (Wildman–Crippen MR) is 55.7 cm³/mol. The minimum absolute atomic E-state index is 0.298. The molecule has 1 aromatic carbocycles. The van der Waals surface area contributed by atoms with E-state index in [9.17, 15) is 15.2 Å². The lowest BCUT2D eigenvalue weighted by Gasteiger charge is -2.11. The van der Waals surface area contributed by atoms with Gasteiger partial charge in [0.1, 0.15) is 6.10 Å². The summed E-state index contributed by atoms with van der Waals surface area (Å²) in [6.45, 7) is 0. The second-order valence-electron chi connectivity index (χ2n) is 3.37. The Bertz CT molecular complexity index is 316. The van der Waals surface area contributed by atoms with E-state index in [1.165, 1.54) is 0 Å². The van der Waals surface area contributed by atoms with Crippen LogP contribution >= 0.6 is 0 Å². The average molecular weight is 210 g/mol. The molecule has 0 heterocycles.